The third kappa shape index (κ3) is 13.3. The molecule has 0 fully saturated rings. The lowest BCUT2D eigenvalue weighted by Crippen LogP contribution is -2.41. The van der Waals surface area contributed by atoms with Gasteiger partial charge in [-0.25, -0.2) is 0 Å². The van der Waals surface area contributed by atoms with Crippen molar-refractivity contribution in [1.82, 2.24) is 0 Å². The van der Waals surface area contributed by atoms with E-state index in [1.807, 2.05) is 60.7 Å². The van der Waals surface area contributed by atoms with Crippen LogP contribution < -0.4 is 9.47 Å². The molecule has 0 aromatic heterocycles. The molecule has 6 heteroatoms. The molecule has 0 aliphatic rings. The van der Waals surface area contributed by atoms with Gasteiger partial charge in [0.1, 0.15) is 35.9 Å². The van der Waals surface area contributed by atoms with Gasteiger partial charge in [0.15, 0.2) is 0 Å². The summed E-state index contributed by atoms with van der Waals surface area (Å²) in [5.74, 6) is 2.33. The molecule has 6 nitrogen and oxygen atoms in total. The maximum absolute atomic E-state index is 9.44. The number of aliphatic hydroxyl groups is 1. The van der Waals surface area contributed by atoms with Gasteiger partial charge in [0, 0.05) is 20.3 Å². The van der Waals surface area contributed by atoms with Crippen LogP contribution >= 0.6 is 0 Å². The van der Waals surface area contributed by atoms with Crippen LogP contribution in [0.25, 0.3) is 0 Å². The van der Waals surface area contributed by atoms with Crippen molar-refractivity contribution in [3.63, 3.8) is 0 Å². The van der Waals surface area contributed by atoms with E-state index >= 15 is 0 Å². The molecule has 0 aliphatic heterocycles. The largest absolute Gasteiger partial charge is 0.487 e. The Morgan fingerprint density at radius 3 is 1.41 bits per heavy atom. The quantitative estimate of drug-likeness (QED) is 0.261. The Kier molecular flexibility index (Phi) is 17.7. The Labute approximate surface area is 225 Å². The number of ether oxygens (including phenoxy) is 5. The van der Waals surface area contributed by atoms with E-state index in [0.29, 0.717) is 19.1 Å². The summed E-state index contributed by atoms with van der Waals surface area (Å²) in [6.45, 7) is 14.5. The lowest BCUT2D eigenvalue weighted by molar-refractivity contribution is -0.0759. The van der Waals surface area contributed by atoms with Crippen LogP contribution in [0, 0.1) is 11.8 Å². The topological polar surface area (TPSA) is 66.4 Å². The highest BCUT2D eigenvalue weighted by Crippen LogP contribution is 2.21. The summed E-state index contributed by atoms with van der Waals surface area (Å²) in [6.07, 6.45) is 1.48. The molecule has 0 unspecified atom stereocenters. The fourth-order valence-electron chi connectivity index (χ4n) is 3.79. The second-order valence-electron chi connectivity index (χ2n) is 9.74. The van der Waals surface area contributed by atoms with E-state index in [4.69, 9.17) is 23.7 Å². The normalized spacial score (nSPS) is 14.4. The first-order valence-electron chi connectivity index (χ1n) is 13.6. The van der Waals surface area contributed by atoms with Gasteiger partial charge in [-0.1, -0.05) is 77.9 Å². The standard InChI is InChI=1S/C16H26O3.C15H24O3/c1-5-11-18-15(12-17-4)16(13(2)3)19-14-9-7-6-8-10-14;1-4-10-17-14(11-16)15(12(2)3)18-13-8-6-5-7-9-13/h6-10,13,15-16H,5,11-12H2,1-4H3;5-9,12,14-16H,4,10-11H2,1-3H3/t15-,16-;14-,15-/m00/s1. The van der Waals surface area contributed by atoms with Crippen molar-refractivity contribution < 1.29 is 28.8 Å². The zero-order valence-corrected chi connectivity index (χ0v) is 24.0. The summed E-state index contributed by atoms with van der Waals surface area (Å²) in [4.78, 5) is 0. The highest BCUT2D eigenvalue weighted by molar-refractivity contribution is 5.22. The molecule has 2 aromatic carbocycles. The maximum Gasteiger partial charge on any atom is 0.129 e. The van der Waals surface area contributed by atoms with E-state index in [1.165, 1.54) is 0 Å². The van der Waals surface area contributed by atoms with Crippen molar-refractivity contribution in [2.75, 3.05) is 33.5 Å². The molecule has 2 rings (SSSR count). The average Bonchev–Trinajstić information content (AvgIpc) is 2.91. The van der Waals surface area contributed by atoms with Gasteiger partial charge in [0.25, 0.3) is 0 Å². The van der Waals surface area contributed by atoms with Gasteiger partial charge in [-0.15, -0.1) is 0 Å². The minimum atomic E-state index is -0.273. The molecule has 1 N–H and O–H groups in total. The van der Waals surface area contributed by atoms with E-state index < -0.39 is 0 Å². The van der Waals surface area contributed by atoms with E-state index in [1.54, 1.807) is 7.11 Å². The minimum absolute atomic E-state index is 0.00565. The SMILES string of the molecule is CCCO[C@@H](CO)[C@@H](Oc1ccccc1)C(C)C.CCCO[C@@H](COC)[C@@H](Oc1ccccc1)C(C)C. The van der Waals surface area contributed by atoms with Gasteiger partial charge in [-0.05, 0) is 48.9 Å². The molecule has 210 valence electrons. The van der Waals surface area contributed by atoms with E-state index in [0.717, 1.165) is 30.9 Å². The van der Waals surface area contributed by atoms with Crippen LogP contribution in [0.5, 0.6) is 11.5 Å². The molecule has 37 heavy (non-hydrogen) atoms. The Morgan fingerprint density at radius 1 is 0.649 bits per heavy atom. The summed E-state index contributed by atoms with van der Waals surface area (Å²) < 4.78 is 28.8. The molecular weight excluding hydrogens is 468 g/mol. The number of methoxy groups -OCH3 is 1. The maximum atomic E-state index is 9.44. The third-order valence-corrected chi connectivity index (χ3v) is 5.66. The van der Waals surface area contributed by atoms with Crippen molar-refractivity contribution in [2.24, 2.45) is 11.8 Å². The summed E-state index contributed by atoms with van der Waals surface area (Å²) in [7, 11) is 1.70. The second kappa shape index (κ2) is 19.9. The van der Waals surface area contributed by atoms with Gasteiger partial charge in [-0.2, -0.15) is 0 Å². The van der Waals surface area contributed by atoms with Gasteiger partial charge < -0.3 is 28.8 Å². The number of hydrogen-bond acceptors (Lipinski definition) is 6. The summed E-state index contributed by atoms with van der Waals surface area (Å²) in [5, 5.41) is 9.44. The predicted octanol–water partition coefficient (Wildman–Crippen LogP) is 6.41. The fraction of sp³-hybridized carbons (Fsp3) is 0.613. The molecule has 2 aromatic rings. The van der Waals surface area contributed by atoms with E-state index in [2.05, 4.69) is 41.5 Å². The molecule has 0 radical (unpaired) electrons. The first kappa shape index (κ1) is 32.9. The summed E-state index contributed by atoms with van der Waals surface area (Å²) in [5.41, 5.74) is 0. The van der Waals surface area contributed by atoms with Crippen LogP contribution in [-0.2, 0) is 14.2 Å². The van der Waals surface area contributed by atoms with Crippen LogP contribution in [-0.4, -0.2) is 63.1 Å². The lowest BCUT2D eigenvalue weighted by Gasteiger charge is -2.30. The molecular formula is C31H50O6. The fourth-order valence-corrected chi connectivity index (χ4v) is 3.79. The van der Waals surface area contributed by atoms with Gasteiger partial charge in [0.05, 0.1) is 13.2 Å². The number of rotatable bonds is 17. The summed E-state index contributed by atoms with van der Waals surface area (Å²) >= 11 is 0. The van der Waals surface area contributed by atoms with Crippen LogP contribution in [0.1, 0.15) is 54.4 Å². The first-order valence-corrected chi connectivity index (χ1v) is 13.6. The van der Waals surface area contributed by atoms with Gasteiger partial charge in [-0.3, -0.25) is 0 Å². The van der Waals surface area contributed by atoms with Crippen LogP contribution in [0.3, 0.4) is 0 Å². The van der Waals surface area contributed by atoms with Crippen molar-refractivity contribution in [1.29, 1.82) is 0 Å². The van der Waals surface area contributed by atoms with Crippen LogP contribution in [0.15, 0.2) is 60.7 Å². The lowest BCUT2D eigenvalue weighted by atomic mass is 10.0. The molecule has 0 saturated heterocycles. The zero-order valence-electron chi connectivity index (χ0n) is 24.0. The van der Waals surface area contributed by atoms with Crippen molar-refractivity contribution >= 4 is 0 Å². The van der Waals surface area contributed by atoms with Gasteiger partial charge >= 0.3 is 0 Å². The van der Waals surface area contributed by atoms with E-state index in [9.17, 15) is 5.11 Å². The predicted molar refractivity (Wildman–Crippen MR) is 150 cm³/mol. The zero-order chi connectivity index (χ0) is 27.5. The van der Waals surface area contributed by atoms with Crippen molar-refractivity contribution in [3.8, 4) is 11.5 Å². The van der Waals surface area contributed by atoms with Crippen molar-refractivity contribution in [2.45, 2.75) is 78.8 Å². The minimum Gasteiger partial charge on any atom is -0.487 e. The molecule has 0 aliphatic carbocycles. The number of aliphatic hydroxyl groups excluding tert-OH is 1. The molecule has 0 amide bonds. The molecule has 0 saturated carbocycles. The second-order valence-corrected chi connectivity index (χ2v) is 9.74. The monoisotopic (exact) mass is 518 g/mol. The molecule has 0 bridgehead atoms. The molecule has 0 heterocycles. The average molecular weight is 519 g/mol. The Bertz CT molecular complexity index is 768. The number of benzene rings is 2. The Hall–Kier alpha value is -2.12. The Morgan fingerprint density at radius 2 is 1.05 bits per heavy atom. The molecule has 4 atom stereocenters. The van der Waals surface area contributed by atoms with Crippen LogP contribution in [0.4, 0.5) is 0 Å². The van der Waals surface area contributed by atoms with E-state index in [-0.39, 0.29) is 36.9 Å². The number of para-hydroxylation sites is 2. The first-order chi connectivity index (χ1) is 17.9. The van der Waals surface area contributed by atoms with Crippen LogP contribution in [0.2, 0.25) is 0 Å². The summed E-state index contributed by atoms with van der Waals surface area (Å²) in [6, 6.07) is 19.5. The van der Waals surface area contributed by atoms with Crippen molar-refractivity contribution in [3.05, 3.63) is 60.7 Å². The smallest absolute Gasteiger partial charge is 0.129 e. The Balaban J connectivity index is 0.000000371. The third-order valence-electron chi connectivity index (χ3n) is 5.66. The molecule has 0 spiro atoms. The van der Waals surface area contributed by atoms with Gasteiger partial charge in [0.2, 0.25) is 0 Å². The highest BCUT2D eigenvalue weighted by Gasteiger charge is 2.28. The highest BCUT2D eigenvalue weighted by atomic mass is 16.6. The number of hydrogen-bond donors (Lipinski definition) is 1.